The van der Waals surface area contributed by atoms with Crippen molar-refractivity contribution in [2.75, 3.05) is 0 Å². The van der Waals surface area contributed by atoms with Crippen molar-refractivity contribution in [2.24, 2.45) is 0 Å². The van der Waals surface area contributed by atoms with Crippen LogP contribution in [0.3, 0.4) is 0 Å². The Morgan fingerprint density at radius 1 is 1.12 bits per heavy atom. The van der Waals surface area contributed by atoms with Gasteiger partial charge in [0.1, 0.15) is 0 Å². The summed E-state index contributed by atoms with van der Waals surface area (Å²) in [4.78, 5) is 31.1. The number of aliphatic hydroxyl groups is 1. The van der Waals surface area contributed by atoms with Gasteiger partial charge in [-0.15, -0.1) is 0 Å². The molecule has 0 aliphatic rings. The molecule has 0 aromatic heterocycles. The molecular weight excluding hydrogens is 421 g/mol. The number of aliphatic carboxylic acids is 2. The Morgan fingerprint density at radius 2 is 1.44 bits per heavy atom. The third-order valence-electron chi connectivity index (χ3n) is 1.34. The molecule has 0 fully saturated rings. The molecule has 0 unspecified atom stereocenters. The Morgan fingerprint density at radius 3 is 1.62 bits per heavy atom. The third-order valence-corrected chi connectivity index (χ3v) is 1.98. The number of rotatable bonds is 5. The van der Waals surface area contributed by atoms with Crippen LogP contribution in [0.25, 0.3) is 0 Å². The molecule has 10 heteroatoms. The van der Waals surface area contributed by atoms with Crippen molar-refractivity contribution in [2.45, 2.75) is 18.4 Å². The minimum absolute atomic E-state index is 0. The Kier molecular flexibility index (Phi) is 10.7. The minimum Gasteiger partial charge on any atom is -0.369 e. The van der Waals surface area contributed by atoms with Gasteiger partial charge >= 0.3 is 94.0 Å². The van der Waals surface area contributed by atoms with E-state index in [-0.39, 0.29) is 37.5 Å². The fourth-order valence-electron chi connectivity index (χ4n) is 0.769. The Hall–Kier alpha value is -0.827. The first-order valence-corrected chi connectivity index (χ1v) is 4.71. The molecule has 2 radical (unpaired) electrons. The first-order valence-electron chi connectivity index (χ1n) is 3.30. The summed E-state index contributed by atoms with van der Waals surface area (Å²) in [7, 11) is 0. The molecule has 0 rings (SSSR count). The zero-order valence-electron chi connectivity index (χ0n) is 8.76. The van der Waals surface area contributed by atoms with Gasteiger partial charge in [-0.2, -0.15) is 0 Å². The molecule has 0 spiro atoms. The molecular formula is C6H13BiN2O7. The summed E-state index contributed by atoms with van der Waals surface area (Å²) < 4.78 is 4.16. The van der Waals surface area contributed by atoms with Gasteiger partial charge in [0.25, 0.3) is 0 Å². The number of carbonyl (C=O) groups is 3. The Bertz CT molecular complexity index is 254. The summed E-state index contributed by atoms with van der Waals surface area (Å²) in [6.07, 6.45) is -2.28. The van der Waals surface area contributed by atoms with E-state index in [1.807, 2.05) is 0 Å². The summed E-state index contributed by atoms with van der Waals surface area (Å²) in [5, 5.41) is 29.6. The summed E-state index contributed by atoms with van der Waals surface area (Å²) in [6, 6.07) is 0. The van der Waals surface area contributed by atoms with Gasteiger partial charge in [-0.25, -0.2) is 0 Å². The van der Waals surface area contributed by atoms with Gasteiger partial charge in [-0.1, -0.05) is 0 Å². The molecule has 0 aliphatic carbocycles. The molecule has 0 saturated carbocycles. The second kappa shape index (κ2) is 8.34. The second-order valence-corrected chi connectivity index (χ2v) is 3.22. The van der Waals surface area contributed by atoms with Crippen molar-refractivity contribution >= 4 is 43.1 Å². The van der Waals surface area contributed by atoms with Crippen LogP contribution in [0.2, 0.25) is 0 Å². The molecule has 0 heterocycles. The first-order chi connectivity index (χ1) is 6.31. The van der Waals surface area contributed by atoms with Crippen molar-refractivity contribution in [1.29, 1.82) is 0 Å². The van der Waals surface area contributed by atoms with E-state index < -0.39 is 36.4 Å². The van der Waals surface area contributed by atoms with Crippen LogP contribution >= 0.6 is 0 Å². The minimum atomic E-state index is -2.60. The average molecular weight is 434 g/mol. The van der Waals surface area contributed by atoms with Crippen molar-refractivity contribution in [3.8, 4) is 0 Å². The van der Waals surface area contributed by atoms with Crippen LogP contribution in [-0.4, -0.2) is 53.8 Å². The fraction of sp³-hybridized carbons (Fsp3) is 0.500. The van der Waals surface area contributed by atoms with E-state index in [0.717, 1.165) is 0 Å². The van der Waals surface area contributed by atoms with Crippen LogP contribution in [0.5, 0.6) is 0 Å². The van der Waals surface area contributed by atoms with E-state index in [0.29, 0.717) is 0 Å². The number of carboxylic acid groups (broad SMARTS) is 2. The van der Waals surface area contributed by atoms with Crippen LogP contribution in [-0.2, 0) is 17.2 Å². The van der Waals surface area contributed by atoms with E-state index in [1.165, 1.54) is 0 Å². The van der Waals surface area contributed by atoms with Crippen molar-refractivity contribution in [3.05, 3.63) is 0 Å². The predicted octanol–water partition coefficient (Wildman–Crippen LogP) is -3.62. The molecule has 94 valence electrons. The smallest absolute Gasteiger partial charge is 0.369 e. The van der Waals surface area contributed by atoms with Gasteiger partial charge in [-0.3, -0.25) is 0 Å². The van der Waals surface area contributed by atoms with Crippen LogP contribution < -0.4 is 22.5 Å². The summed E-state index contributed by atoms with van der Waals surface area (Å²) in [5.74, 6) is -4.81. The summed E-state index contributed by atoms with van der Waals surface area (Å²) >= 11 is 0.112. The first kappa shape index (κ1) is 20.6. The molecule has 0 amide bonds. The maximum absolute atomic E-state index is 10.9. The quantitative estimate of drug-likeness (QED) is 0.371. The molecule has 9 nitrogen and oxygen atoms in total. The van der Waals surface area contributed by atoms with E-state index in [1.54, 1.807) is 0 Å². The number of quaternary nitrogens is 2. The van der Waals surface area contributed by atoms with E-state index in [2.05, 4.69) is 2.81 Å². The van der Waals surface area contributed by atoms with Gasteiger partial charge in [0.05, 0.1) is 0 Å². The zero-order chi connectivity index (χ0) is 11.4. The van der Waals surface area contributed by atoms with Crippen molar-refractivity contribution < 1.29 is 32.5 Å². The summed E-state index contributed by atoms with van der Waals surface area (Å²) in [5.41, 5.74) is -2.60. The molecule has 9 N–H and O–H groups in total. The van der Waals surface area contributed by atoms with Crippen LogP contribution in [0, 0.1) is 0 Å². The standard InChI is InChI=1S/C6H8O7.Bi.2H3N/c7-3(8)1-6(13,5(11)12)2-4(9)10;;;/h13H,1-2H2,(H,7,8)(H,9,10)(H,11,12);;2*1H3/q;+1;;/p-1. The number of carboxylic acids is 2. The van der Waals surface area contributed by atoms with Crippen LogP contribution in [0.1, 0.15) is 12.8 Å². The van der Waals surface area contributed by atoms with Crippen LogP contribution in [0.4, 0.5) is 0 Å². The average Bonchev–Trinajstić information content (AvgIpc) is 1.99. The van der Waals surface area contributed by atoms with Gasteiger partial charge in [0.15, 0.2) is 0 Å². The molecule has 0 aliphatic heterocycles. The van der Waals surface area contributed by atoms with E-state index >= 15 is 0 Å². The Labute approximate surface area is 106 Å². The normalized spacial score (nSPS) is 9.38. The topological polar surface area (TPSA) is 200 Å². The maximum atomic E-state index is 10.9. The monoisotopic (exact) mass is 434 g/mol. The largest absolute Gasteiger partial charge is 0.369 e. The van der Waals surface area contributed by atoms with E-state index in [9.17, 15) is 29.7 Å². The number of hydrogen-bond acceptors (Lipinski definition) is 7. The van der Waals surface area contributed by atoms with Gasteiger partial charge in [-0.05, 0) is 0 Å². The SMILES string of the molecule is O=C([O-])CC(O)(CC(=O)[O-])C(=O)[O][Bi].[NH4+].[NH4+]. The summed E-state index contributed by atoms with van der Waals surface area (Å²) in [6.45, 7) is 0. The number of hydrogen-bond donors (Lipinski definition) is 3. The van der Waals surface area contributed by atoms with Crippen LogP contribution in [0.15, 0.2) is 0 Å². The van der Waals surface area contributed by atoms with Gasteiger partial charge in [0, 0.05) is 0 Å². The number of carbonyl (C=O) groups excluding carboxylic acids is 3. The maximum Gasteiger partial charge on any atom is -0.369 e. The van der Waals surface area contributed by atoms with Gasteiger partial charge in [0.2, 0.25) is 0 Å². The van der Waals surface area contributed by atoms with Gasteiger partial charge < -0.3 is 12.3 Å². The molecule has 0 bridgehead atoms. The molecule has 0 aromatic rings. The zero-order valence-corrected chi connectivity index (χ0v) is 12.2. The second-order valence-electron chi connectivity index (χ2n) is 2.51. The fourth-order valence-corrected chi connectivity index (χ4v) is 1.43. The van der Waals surface area contributed by atoms with E-state index in [4.69, 9.17) is 0 Å². The van der Waals surface area contributed by atoms with Crippen molar-refractivity contribution in [1.82, 2.24) is 12.3 Å². The molecule has 16 heavy (non-hydrogen) atoms. The third kappa shape index (κ3) is 6.62. The molecule has 0 aromatic carbocycles. The van der Waals surface area contributed by atoms with Crippen molar-refractivity contribution in [3.63, 3.8) is 0 Å². The molecule has 0 saturated heterocycles. The Balaban J connectivity index is -0.000000845. The predicted molar refractivity (Wildman–Crippen MR) is 48.0 cm³/mol. The molecule has 0 atom stereocenters.